The lowest BCUT2D eigenvalue weighted by Crippen LogP contribution is -2.34. The largest absolute Gasteiger partial charge is 0.462 e. The summed E-state index contributed by atoms with van der Waals surface area (Å²) >= 11 is 0. The fourth-order valence-electron chi connectivity index (χ4n) is 2.69. The molecular formula is C16H19F3O2. The van der Waals surface area contributed by atoms with E-state index in [1.54, 1.807) is 6.92 Å². The maximum atomic E-state index is 12.7. The Balaban J connectivity index is 1.93. The quantitative estimate of drug-likeness (QED) is 0.771. The van der Waals surface area contributed by atoms with Crippen molar-refractivity contribution in [2.24, 2.45) is 5.92 Å². The maximum Gasteiger partial charge on any atom is 0.391 e. The van der Waals surface area contributed by atoms with Gasteiger partial charge in [0.15, 0.2) is 0 Å². The molecule has 1 aliphatic carbocycles. The minimum atomic E-state index is -4.20. The van der Waals surface area contributed by atoms with Gasteiger partial charge in [-0.2, -0.15) is 13.2 Å². The Morgan fingerprint density at radius 3 is 2.52 bits per heavy atom. The van der Waals surface area contributed by atoms with Crippen molar-refractivity contribution in [3.8, 4) is 0 Å². The van der Waals surface area contributed by atoms with Crippen LogP contribution in [0.4, 0.5) is 13.2 Å². The van der Waals surface area contributed by atoms with Crippen LogP contribution in [0.15, 0.2) is 30.3 Å². The minimum absolute atomic E-state index is 0.114. The Hall–Kier alpha value is -1.52. The highest BCUT2D eigenvalue weighted by atomic mass is 19.4. The average molecular weight is 300 g/mol. The molecule has 0 spiro atoms. The Morgan fingerprint density at radius 2 is 1.90 bits per heavy atom. The van der Waals surface area contributed by atoms with Gasteiger partial charge in [0.25, 0.3) is 0 Å². The van der Waals surface area contributed by atoms with Crippen LogP contribution in [0.25, 0.3) is 0 Å². The predicted molar refractivity (Wildman–Crippen MR) is 72.8 cm³/mol. The lowest BCUT2D eigenvalue weighted by atomic mass is 9.86. The number of ether oxygens (including phenoxy) is 1. The van der Waals surface area contributed by atoms with Crippen LogP contribution in [-0.4, -0.2) is 18.2 Å². The molecule has 0 N–H and O–H groups in total. The molecule has 0 amide bonds. The van der Waals surface area contributed by atoms with Gasteiger partial charge >= 0.3 is 12.1 Å². The van der Waals surface area contributed by atoms with Crippen molar-refractivity contribution >= 4 is 5.97 Å². The Bertz CT molecular complexity index is 470. The number of rotatable bonds is 3. The predicted octanol–water partition coefficient (Wildman–Crippen LogP) is 4.45. The first kappa shape index (κ1) is 15.9. The summed E-state index contributed by atoms with van der Waals surface area (Å²) in [6.45, 7) is 1.71. The molecule has 1 aromatic carbocycles. The van der Waals surface area contributed by atoms with E-state index in [1.807, 2.05) is 30.3 Å². The van der Waals surface area contributed by atoms with Crippen molar-refractivity contribution in [2.45, 2.75) is 50.8 Å². The van der Waals surface area contributed by atoms with Crippen LogP contribution in [-0.2, 0) is 9.53 Å². The number of carbonyl (C=O) groups is 1. The molecule has 0 saturated heterocycles. The highest BCUT2D eigenvalue weighted by Gasteiger charge is 2.43. The fourth-order valence-corrected chi connectivity index (χ4v) is 2.69. The lowest BCUT2D eigenvalue weighted by Gasteiger charge is -2.30. The second-order valence-corrected chi connectivity index (χ2v) is 5.60. The molecule has 0 radical (unpaired) electrons. The molecule has 3 atom stereocenters. The third kappa shape index (κ3) is 4.22. The molecule has 1 aliphatic rings. The van der Waals surface area contributed by atoms with E-state index in [2.05, 4.69) is 0 Å². The van der Waals surface area contributed by atoms with Gasteiger partial charge in [-0.1, -0.05) is 30.3 Å². The summed E-state index contributed by atoms with van der Waals surface area (Å²) in [5, 5.41) is 0. The zero-order valence-corrected chi connectivity index (χ0v) is 11.9. The van der Waals surface area contributed by atoms with Crippen molar-refractivity contribution < 1.29 is 22.7 Å². The smallest absolute Gasteiger partial charge is 0.391 e. The first-order chi connectivity index (χ1) is 9.88. The number of hydrogen-bond acceptors (Lipinski definition) is 2. The normalized spacial score (nSPS) is 24.4. The van der Waals surface area contributed by atoms with E-state index in [9.17, 15) is 18.0 Å². The summed E-state index contributed by atoms with van der Waals surface area (Å²) < 4.78 is 43.5. The van der Waals surface area contributed by atoms with Gasteiger partial charge in [-0.25, -0.2) is 0 Å². The Morgan fingerprint density at radius 1 is 1.24 bits per heavy atom. The van der Waals surface area contributed by atoms with Crippen LogP contribution in [0.5, 0.6) is 0 Å². The van der Waals surface area contributed by atoms with E-state index in [-0.39, 0.29) is 12.8 Å². The van der Waals surface area contributed by atoms with Gasteiger partial charge in [-0.05, 0) is 38.2 Å². The number of halogens is 3. The Labute approximate surface area is 122 Å². The molecule has 1 fully saturated rings. The maximum absolute atomic E-state index is 12.7. The van der Waals surface area contributed by atoms with Crippen LogP contribution < -0.4 is 0 Å². The molecule has 0 aliphatic heterocycles. The zero-order chi connectivity index (χ0) is 15.5. The molecule has 21 heavy (non-hydrogen) atoms. The highest BCUT2D eigenvalue weighted by molar-refractivity contribution is 5.77. The van der Waals surface area contributed by atoms with Gasteiger partial charge in [0.1, 0.15) is 6.10 Å². The van der Waals surface area contributed by atoms with Gasteiger partial charge in [-0.15, -0.1) is 0 Å². The first-order valence-corrected chi connectivity index (χ1v) is 7.20. The molecular weight excluding hydrogens is 281 g/mol. The van der Waals surface area contributed by atoms with E-state index >= 15 is 0 Å². The van der Waals surface area contributed by atoms with Crippen LogP contribution in [0, 0.1) is 5.92 Å². The summed E-state index contributed by atoms with van der Waals surface area (Å²) in [6, 6.07) is 9.10. The summed E-state index contributed by atoms with van der Waals surface area (Å²) in [5.41, 5.74) is 0.811. The van der Waals surface area contributed by atoms with Gasteiger partial charge in [0, 0.05) is 0 Å². The lowest BCUT2D eigenvalue weighted by molar-refractivity contribution is -0.194. The molecule has 1 aromatic rings. The van der Waals surface area contributed by atoms with Crippen molar-refractivity contribution in [1.29, 1.82) is 0 Å². The van der Waals surface area contributed by atoms with Crippen molar-refractivity contribution in [1.82, 2.24) is 0 Å². The minimum Gasteiger partial charge on any atom is -0.462 e. The molecule has 116 valence electrons. The third-order valence-electron chi connectivity index (χ3n) is 4.02. The second kappa shape index (κ2) is 6.50. The molecule has 0 aromatic heterocycles. The fraction of sp³-hybridized carbons (Fsp3) is 0.562. The van der Waals surface area contributed by atoms with Crippen LogP contribution >= 0.6 is 0 Å². The Kier molecular flexibility index (Phi) is 4.91. The van der Waals surface area contributed by atoms with Crippen LogP contribution in [0.3, 0.4) is 0 Å². The molecule has 2 nitrogen and oxygen atoms in total. The topological polar surface area (TPSA) is 26.3 Å². The molecule has 0 bridgehead atoms. The number of alkyl halides is 3. The standard InChI is InChI=1S/C16H19F3O2/c1-11(12-6-3-2-4-7-12)15(20)21-14-9-5-8-13(10-14)16(17,18)19/h2-4,6-7,11,13-14H,5,8-10H2,1H3/t11-,13-,14+/m1/s1. The highest BCUT2D eigenvalue weighted by Crippen LogP contribution is 2.38. The number of benzene rings is 1. The number of hydrogen-bond donors (Lipinski definition) is 0. The third-order valence-corrected chi connectivity index (χ3v) is 4.02. The second-order valence-electron chi connectivity index (χ2n) is 5.60. The number of esters is 1. The van der Waals surface area contributed by atoms with Crippen molar-refractivity contribution in [2.75, 3.05) is 0 Å². The van der Waals surface area contributed by atoms with E-state index in [1.165, 1.54) is 0 Å². The molecule has 1 saturated carbocycles. The van der Waals surface area contributed by atoms with Crippen molar-refractivity contribution in [3.63, 3.8) is 0 Å². The van der Waals surface area contributed by atoms with E-state index in [0.29, 0.717) is 12.8 Å². The molecule has 0 heterocycles. The van der Waals surface area contributed by atoms with Gasteiger partial charge < -0.3 is 4.74 Å². The van der Waals surface area contributed by atoms with Crippen molar-refractivity contribution in [3.05, 3.63) is 35.9 Å². The molecule has 2 rings (SSSR count). The first-order valence-electron chi connectivity index (χ1n) is 7.20. The average Bonchev–Trinajstić information content (AvgIpc) is 2.47. The van der Waals surface area contributed by atoms with Gasteiger partial charge in [-0.3, -0.25) is 4.79 Å². The summed E-state index contributed by atoms with van der Waals surface area (Å²) in [7, 11) is 0. The monoisotopic (exact) mass is 300 g/mol. The van der Waals surface area contributed by atoms with Gasteiger partial charge in [0.05, 0.1) is 11.8 Å². The molecule has 0 unspecified atom stereocenters. The SMILES string of the molecule is C[C@@H](C(=O)O[C@H]1CCC[C@@H](C(F)(F)F)C1)c1ccccc1. The summed E-state index contributed by atoms with van der Waals surface area (Å²) in [5.74, 6) is -2.26. The van der Waals surface area contributed by atoms with Crippen LogP contribution in [0.2, 0.25) is 0 Å². The van der Waals surface area contributed by atoms with Crippen LogP contribution in [0.1, 0.15) is 44.1 Å². The summed E-state index contributed by atoms with van der Waals surface area (Å²) in [4.78, 5) is 12.1. The zero-order valence-electron chi connectivity index (χ0n) is 11.9. The number of carbonyl (C=O) groups excluding carboxylic acids is 1. The molecule has 5 heteroatoms. The summed E-state index contributed by atoms with van der Waals surface area (Å²) in [6.07, 6.45) is -3.84. The van der Waals surface area contributed by atoms with E-state index in [4.69, 9.17) is 4.74 Å². The van der Waals surface area contributed by atoms with E-state index in [0.717, 1.165) is 5.56 Å². The van der Waals surface area contributed by atoms with E-state index < -0.39 is 30.1 Å². The van der Waals surface area contributed by atoms with Gasteiger partial charge in [0.2, 0.25) is 0 Å².